The second-order valence-electron chi connectivity index (χ2n) is 3.32. The van der Waals surface area contributed by atoms with E-state index >= 15 is 0 Å². The van der Waals surface area contributed by atoms with E-state index in [0.717, 1.165) is 0 Å². The highest BCUT2D eigenvalue weighted by Crippen LogP contribution is 2.34. The Morgan fingerprint density at radius 1 is 1.06 bits per heavy atom. The average molecular weight is 226 g/mol. The lowest BCUT2D eigenvalue weighted by Crippen LogP contribution is -1.86. The van der Waals surface area contributed by atoms with Gasteiger partial charge in [0.15, 0.2) is 11.5 Å². The standard InChI is InChI=1S/C8H10O3.C3H6.C2H6/c1-5-7(11-2)4-3-6(9)8(5)10;1-2-3-1;1-2/h3-4,9-10H,1-2H3;1-3H2;1-2H3. The molecular formula is C13H22O3. The van der Waals surface area contributed by atoms with Gasteiger partial charge in [-0.25, -0.2) is 0 Å². The van der Waals surface area contributed by atoms with E-state index in [2.05, 4.69) is 0 Å². The van der Waals surface area contributed by atoms with E-state index in [9.17, 15) is 5.11 Å². The highest BCUT2D eigenvalue weighted by molar-refractivity contribution is 5.51. The summed E-state index contributed by atoms with van der Waals surface area (Å²) in [6, 6.07) is 2.99. The van der Waals surface area contributed by atoms with Crippen LogP contribution in [0.25, 0.3) is 0 Å². The first-order valence-electron chi connectivity index (χ1n) is 5.72. The van der Waals surface area contributed by atoms with E-state index in [0.29, 0.717) is 11.3 Å². The molecule has 1 aliphatic carbocycles. The van der Waals surface area contributed by atoms with Crippen LogP contribution < -0.4 is 4.74 Å². The molecule has 1 aromatic rings. The second-order valence-corrected chi connectivity index (χ2v) is 3.32. The molecule has 2 N–H and O–H groups in total. The SMILES string of the molecule is C1CC1.CC.COc1ccc(O)c(O)c1C. The van der Waals surface area contributed by atoms with Crippen LogP contribution in [0.2, 0.25) is 0 Å². The number of benzene rings is 1. The van der Waals surface area contributed by atoms with Crippen molar-refractivity contribution < 1.29 is 14.9 Å². The van der Waals surface area contributed by atoms with Gasteiger partial charge in [0.25, 0.3) is 0 Å². The maximum atomic E-state index is 9.19. The Morgan fingerprint density at radius 2 is 1.56 bits per heavy atom. The molecule has 0 amide bonds. The number of aromatic hydroxyl groups is 2. The van der Waals surface area contributed by atoms with Crippen molar-refractivity contribution in [3.05, 3.63) is 17.7 Å². The van der Waals surface area contributed by atoms with E-state index in [-0.39, 0.29) is 11.5 Å². The van der Waals surface area contributed by atoms with Crippen molar-refractivity contribution in [1.82, 2.24) is 0 Å². The lowest BCUT2D eigenvalue weighted by atomic mass is 10.2. The predicted octanol–water partition coefficient (Wildman–Crippen LogP) is 3.61. The highest BCUT2D eigenvalue weighted by atomic mass is 16.5. The molecule has 0 aromatic heterocycles. The van der Waals surface area contributed by atoms with Crippen molar-refractivity contribution >= 4 is 0 Å². The van der Waals surface area contributed by atoms with Crippen molar-refractivity contribution in [1.29, 1.82) is 0 Å². The Kier molecular flexibility index (Phi) is 7.18. The molecule has 0 unspecified atom stereocenters. The molecule has 1 fully saturated rings. The summed E-state index contributed by atoms with van der Waals surface area (Å²) in [5.74, 6) is 0.327. The zero-order chi connectivity index (χ0) is 12.6. The van der Waals surface area contributed by atoms with Gasteiger partial charge in [0, 0.05) is 5.56 Å². The summed E-state index contributed by atoms with van der Waals surface area (Å²) in [5.41, 5.74) is 0.549. The number of methoxy groups -OCH3 is 1. The number of hydrogen-bond acceptors (Lipinski definition) is 3. The third-order valence-electron chi connectivity index (χ3n) is 1.93. The van der Waals surface area contributed by atoms with E-state index in [4.69, 9.17) is 9.84 Å². The molecule has 0 heterocycles. The van der Waals surface area contributed by atoms with Crippen molar-refractivity contribution in [3.63, 3.8) is 0 Å². The van der Waals surface area contributed by atoms with Crippen molar-refractivity contribution in [2.45, 2.75) is 40.0 Å². The molecule has 0 saturated heterocycles. The second kappa shape index (κ2) is 7.85. The molecule has 0 aliphatic heterocycles. The molecule has 3 heteroatoms. The summed E-state index contributed by atoms with van der Waals surface area (Å²) < 4.78 is 4.91. The Labute approximate surface area is 97.7 Å². The smallest absolute Gasteiger partial charge is 0.164 e. The average Bonchev–Trinajstić information content (AvgIpc) is 3.17. The maximum Gasteiger partial charge on any atom is 0.164 e. The van der Waals surface area contributed by atoms with Gasteiger partial charge in [0.05, 0.1) is 7.11 Å². The van der Waals surface area contributed by atoms with Crippen molar-refractivity contribution in [2.75, 3.05) is 7.11 Å². The van der Waals surface area contributed by atoms with Gasteiger partial charge >= 0.3 is 0 Å². The largest absolute Gasteiger partial charge is 0.504 e. The van der Waals surface area contributed by atoms with E-state index < -0.39 is 0 Å². The summed E-state index contributed by atoms with van der Waals surface area (Å²) in [5, 5.41) is 18.2. The van der Waals surface area contributed by atoms with Crippen LogP contribution >= 0.6 is 0 Å². The fourth-order valence-corrected chi connectivity index (χ4v) is 0.888. The molecule has 16 heavy (non-hydrogen) atoms. The van der Waals surface area contributed by atoms with Crippen molar-refractivity contribution in [2.24, 2.45) is 0 Å². The molecule has 2 rings (SSSR count). The molecule has 0 spiro atoms. The van der Waals surface area contributed by atoms with E-state index in [1.54, 1.807) is 13.0 Å². The third-order valence-corrected chi connectivity index (χ3v) is 1.93. The summed E-state index contributed by atoms with van der Waals surface area (Å²) in [6.07, 6.45) is 4.50. The minimum atomic E-state index is -0.122. The van der Waals surface area contributed by atoms with Crippen LogP contribution in [0.1, 0.15) is 38.7 Å². The van der Waals surface area contributed by atoms with E-state index in [1.807, 2.05) is 13.8 Å². The van der Waals surface area contributed by atoms with Gasteiger partial charge in [0.2, 0.25) is 0 Å². The highest BCUT2D eigenvalue weighted by Gasteiger charge is 2.06. The summed E-state index contributed by atoms with van der Waals surface area (Å²) in [6.45, 7) is 5.67. The van der Waals surface area contributed by atoms with E-state index in [1.165, 1.54) is 32.4 Å². The quantitative estimate of drug-likeness (QED) is 0.719. The zero-order valence-electron chi connectivity index (χ0n) is 10.6. The van der Waals surface area contributed by atoms with Crippen LogP contribution in [0.4, 0.5) is 0 Å². The molecule has 0 bridgehead atoms. The number of hydrogen-bond donors (Lipinski definition) is 2. The fourth-order valence-electron chi connectivity index (χ4n) is 0.888. The number of phenols is 2. The van der Waals surface area contributed by atoms with Crippen LogP contribution in [0.15, 0.2) is 12.1 Å². The molecular weight excluding hydrogens is 204 g/mol. The summed E-state index contributed by atoms with van der Waals surface area (Å²) in [4.78, 5) is 0. The molecule has 3 nitrogen and oxygen atoms in total. The van der Waals surface area contributed by atoms with Gasteiger partial charge in [-0.3, -0.25) is 0 Å². The Balaban J connectivity index is 0.000000375. The minimum Gasteiger partial charge on any atom is -0.504 e. The predicted molar refractivity (Wildman–Crippen MR) is 66.3 cm³/mol. The van der Waals surface area contributed by atoms with Gasteiger partial charge in [-0.2, -0.15) is 0 Å². The lowest BCUT2D eigenvalue weighted by molar-refractivity contribution is 0.381. The maximum absolute atomic E-state index is 9.19. The van der Waals surface area contributed by atoms with Gasteiger partial charge in [-0.1, -0.05) is 33.1 Å². The van der Waals surface area contributed by atoms with Crippen LogP contribution in [0.3, 0.4) is 0 Å². The van der Waals surface area contributed by atoms with Crippen molar-refractivity contribution in [3.8, 4) is 17.2 Å². The number of ether oxygens (including phenoxy) is 1. The Bertz CT molecular complexity index is 304. The fraction of sp³-hybridized carbons (Fsp3) is 0.538. The van der Waals surface area contributed by atoms with Crippen LogP contribution in [0.5, 0.6) is 17.2 Å². The van der Waals surface area contributed by atoms with Gasteiger partial charge in [-0.05, 0) is 19.1 Å². The first-order valence-corrected chi connectivity index (χ1v) is 5.72. The van der Waals surface area contributed by atoms with Crippen LogP contribution in [-0.2, 0) is 0 Å². The number of phenolic OH excluding ortho intramolecular Hbond substituents is 2. The molecule has 1 aromatic carbocycles. The normalized spacial score (nSPS) is 11.5. The molecule has 0 atom stereocenters. The summed E-state index contributed by atoms with van der Waals surface area (Å²) >= 11 is 0. The number of rotatable bonds is 1. The molecule has 1 aliphatic rings. The summed E-state index contributed by atoms with van der Waals surface area (Å²) in [7, 11) is 1.51. The van der Waals surface area contributed by atoms with Gasteiger partial charge < -0.3 is 14.9 Å². The minimum absolute atomic E-state index is 0.121. The topological polar surface area (TPSA) is 49.7 Å². The van der Waals surface area contributed by atoms with Crippen LogP contribution in [-0.4, -0.2) is 17.3 Å². The molecule has 1 saturated carbocycles. The van der Waals surface area contributed by atoms with Gasteiger partial charge in [-0.15, -0.1) is 0 Å². The third kappa shape index (κ3) is 4.91. The Hall–Kier alpha value is -1.38. The monoisotopic (exact) mass is 226 g/mol. The van der Waals surface area contributed by atoms with Crippen LogP contribution in [0, 0.1) is 6.92 Å². The zero-order valence-corrected chi connectivity index (χ0v) is 10.6. The van der Waals surface area contributed by atoms with Gasteiger partial charge in [0.1, 0.15) is 5.75 Å². The molecule has 92 valence electrons. The first-order chi connectivity index (χ1) is 7.66. The first kappa shape index (κ1) is 14.6. The Morgan fingerprint density at radius 3 is 1.94 bits per heavy atom. The molecule has 0 radical (unpaired) electrons. The lowest BCUT2D eigenvalue weighted by Gasteiger charge is -2.06.